The summed E-state index contributed by atoms with van der Waals surface area (Å²) in [6.07, 6.45) is 1.92. The van der Waals surface area contributed by atoms with E-state index >= 15 is 0 Å². The Kier molecular flexibility index (Phi) is 4.71. The molecule has 2 aromatic heterocycles. The number of rotatable bonds is 5. The van der Waals surface area contributed by atoms with Gasteiger partial charge in [-0.15, -0.1) is 23.1 Å². The third-order valence-electron chi connectivity index (χ3n) is 3.01. The highest BCUT2D eigenvalue weighted by Gasteiger charge is 2.14. The van der Waals surface area contributed by atoms with Crippen LogP contribution in [0.4, 0.5) is 0 Å². The Bertz CT molecular complexity index is 736. The molecule has 4 nitrogen and oxygen atoms in total. The van der Waals surface area contributed by atoms with E-state index in [1.54, 1.807) is 23.1 Å². The van der Waals surface area contributed by atoms with Crippen LogP contribution in [0, 0.1) is 20.8 Å². The van der Waals surface area contributed by atoms with E-state index in [1.807, 2.05) is 6.92 Å². The van der Waals surface area contributed by atoms with Crippen molar-refractivity contribution in [3.05, 3.63) is 16.3 Å². The lowest BCUT2D eigenvalue weighted by atomic mass is 10.2. The topological polar surface area (TPSA) is 59.9 Å². The number of thioether (sulfide) groups is 1. The second-order valence-corrected chi connectivity index (χ2v) is 9.42. The highest BCUT2D eigenvalue weighted by molar-refractivity contribution is 7.99. The van der Waals surface area contributed by atoms with E-state index in [0.717, 1.165) is 26.8 Å². The smallest absolute Gasteiger partial charge is 0.147 e. The molecule has 0 aliphatic heterocycles. The summed E-state index contributed by atoms with van der Waals surface area (Å²) in [4.78, 5) is 11.3. The van der Waals surface area contributed by atoms with E-state index in [1.165, 1.54) is 16.7 Å². The standard InChI is InChI=1S/C13H18N2O2S3/c1-8-9(2)19-13-11(8)12(14-10(3)15-13)18-6-5-7-20(4,16)17/h5-7H2,1-4H3. The van der Waals surface area contributed by atoms with Crippen molar-refractivity contribution < 1.29 is 8.42 Å². The minimum Gasteiger partial charge on any atom is -0.229 e. The number of sulfone groups is 1. The predicted octanol–water partition coefficient (Wildman–Crippen LogP) is 3.14. The first kappa shape index (κ1) is 15.7. The summed E-state index contributed by atoms with van der Waals surface area (Å²) >= 11 is 3.31. The monoisotopic (exact) mass is 330 g/mol. The molecule has 0 radical (unpaired) electrons. The van der Waals surface area contributed by atoms with E-state index in [-0.39, 0.29) is 5.75 Å². The number of nitrogens with zero attached hydrogens (tertiary/aromatic N) is 2. The van der Waals surface area contributed by atoms with Gasteiger partial charge in [0.05, 0.1) is 5.75 Å². The molecule has 2 heterocycles. The lowest BCUT2D eigenvalue weighted by Crippen LogP contribution is -2.03. The third kappa shape index (κ3) is 3.71. The van der Waals surface area contributed by atoms with E-state index in [2.05, 4.69) is 23.8 Å². The maximum absolute atomic E-state index is 11.1. The fourth-order valence-corrected chi connectivity index (χ4v) is 4.97. The van der Waals surface area contributed by atoms with Gasteiger partial charge in [0, 0.05) is 22.3 Å². The van der Waals surface area contributed by atoms with Gasteiger partial charge in [-0.2, -0.15) is 0 Å². The van der Waals surface area contributed by atoms with Crippen molar-refractivity contribution in [2.45, 2.75) is 32.2 Å². The van der Waals surface area contributed by atoms with Gasteiger partial charge in [0.1, 0.15) is 25.5 Å². The predicted molar refractivity (Wildman–Crippen MR) is 86.7 cm³/mol. The average Bonchev–Trinajstić information content (AvgIpc) is 2.59. The van der Waals surface area contributed by atoms with E-state index in [4.69, 9.17) is 0 Å². The zero-order valence-corrected chi connectivity index (χ0v) is 14.5. The van der Waals surface area contributed by atoms with E-state index in [0.29, 0.717) is 6.42 Å². The zero-order chi connectivity index (χ0) is 14.9. The summed E-state index contributed by atoms with van der Waals surface area (Å²) < 4.78 is 22.3. The number of hydrogen-bond acceptors (Lipinski definition) is 6. The Morgan fingerprint density at radius 3 is 2.55 bits per heavy atom. The van der Waals surface area contributed by atoms with Gasteiger partial charge in [-0.1, -0.05) is 0 Å². The number of fused-ring (bicyclic) bond motifs is 1. The van der Waals surface area contributed by atoms with E-state index in [9.17, 15) is 8.42 Å². The van der Waals surface area contributed by atoms with Gasteiger partial charge in [0.15, 0.2) is 0 Å². The molecule has 110 valence electrons. The van der Waals surface area contributed by atoms with Crippen molar-refractivity contribution >= 4 is 43.2 Å². The van der Waals surface area contributed by atoms with Crippen LogP contribution in [0.15, 0.2) is 5.03 Å². The number of hydrogen-bond donors (Lipinski definition) is 0. The van der Waals surface area contributed by atoms with Gasteiger partial charge in [-0.25, -0.2) is 18.4 Å². The molecular formula is C13H18N2O2S3. The van der Waals surface area contributed by atoms with Crippen LogP contribution >= 0.6 is 23.1 Å². The Hall–Kier alpha value is -0.660. The van der Waals surface area contributed by atoms with E-state index < -0.39 is 9.84 Å². The van der Waals surface area contributed by atoms with Gasteiger partial charge in [-0.3, -0.25) is 0 Å². The van der Waals surface area contributed by atoms with Crippen LogP contribution in [-0.2, 0) is 9.84 Å². The van der Waals surface area contributed by atoms with Crippen molar-refractivity contribution in [3.8, 4) is 0 Å². The summed E-state index contributed by atoms with van der Waals surface area (Å²) in [5, 5.41) is 2.10. The Balaban J connectivity index is 2.21. The van der Waals surface area contributed by atoms with Crippen LogP contribution in [0.5, 0.6) is 0 Å². The molecule has 7 heteroatoms. The summed E-state index contributed by atoms with van der Waals surface area (Å²) in [5.74, 6) is 1.76. The quantitative estimate of drug-likeness (QED) is 0.479. The first-order valence-electron chi connectivity index (χ1n) is 6.33. The molecule has 0 N–H and O–H groups in total. The van der Waals surface area contributed by atoms with Crippen LogP contribution in [0.2, 0.25) is 0 Å². The zero-order valence-electron chi connectivity index (χ0n) is 12.1. The number of aromatic nitrogens is 2. The SMILES string of the molecule is Cc1nc(SCCCS(C)(=O)=O)c2c(C)c(C)sc2n1. The largest absolute Gasteiger partial charge is 0.229 e. The molecule has 0 spiro atoms. The molecule has 20 heavy (non-hydrogen) atoms. The average molecular weight is 331 g/mol. The molecule has 0 aromatic carbocycles. The first-order chi connectivity index (χ1) is 9.28. The minimum atomic E-state index is -2.88. The van der Waals surface area contributed by atoms with Gasteiger partial charge >= 0.3 is 0 Å². The number of thiophene rings is 1. The Morgan fingerprint density at radius 1 is 1.20 bits per heavy atom. The van der Waals surface area contributed by atoms with Crippen LogP contribution in [0.3, 0.4) is 0 Å². The van der Waals surface area contributed by atoms with Gasteiger partial charge in [-0.05, 0) is 32.8 Å². The second kappa shape index (κ2) is 5.99. The van der Waals surface area contributed by atoms with Crippen LogP contribution in [0.1, 0.15) is 22.7 Å². The first-order valence-corrected chi connectivity index (χ1v) is 10.2. The third-order valence-corrected chi connectivity index (χ3v) is 6.20. The van der Waals surface area contributed by atoms with Crippen molar-refractivity contribution in [3.63, 3.8) is 0 Å². The highest BCUT2D eigenvalue weighted by atomic mass is 32.2. The molecule has 0 aliphatic carbocycles. The summed E-state index contributed by atoms with van der Waals surface area (Å²) in [5.41, 5.74) is 1.23. The van der Waals surface area contributed by atoms with Crippen LogP contribution < -0.4 is 0 Å². The molecule has 0 saturated heterocycles. The lowest BCUT2D eigenvalue weighted by molar-refractivity contribution is 0.600. The fraction of sp³-hybridized carbons (Fsp3) is 0.538. The molecule has 0 aliphatic rings. The molecule has 0 saturated carbocycles. The fourth-order valence-electron chi connectivity index (χ4n) is 1.91. The molecule has 2 rings (SSSR count). The van der Waals surface area contributed by atoms with Crippen LogP contribution in [0.25, 0.3) is 10.2 Å². The second-order valence-electron chi connectivity index (χ2n) is 4.87. The molecule has 0 fully saturated rings. The van der Waals surface area contributed by atoms with Crippen molar-refractivity contribution in [2.75, 3.05) is 17.8 Å². The molecule has 0 atom stereocenters. The Morgan fingerprint density at radius 2 is 1.90 bits per heavy atom. The number of aryl methyl sites for hydroxylation is 3. The maximum Gasteiger partial charge on any atom is 0.147 e. The van der Waals surface area contributed by atoms with Crippen molar-refractivity contribution in [1.82, 2.24) is 9.97 Å². The minimum absolute atomic E-state index is 0.231. The lowest BCUT2D eigenvalue weighted by Gasteiger charge is -2.04. The van der Waals surface area contributed by atoms with Gasteiger partial charge in [0.2, 0.25) is 0 Å². The summed E-state index contributed by atoms with van der Waals surface area (Å²) in [7, 11) is -2.88. The van der Waals surface area contributed by atoms with Gasteiger partial charge in [0.25, 0.3) is 0 Å². The molecule has 0 amide bonds. The Labute approximate surface area is 127 Å². The van der Waals surface area contributed by atoms with Crippen LogP contribution in [-0.4, -0.2) is 36.1 Å². The maximum atomic E-state index is 11.1. The highest BCUT2D eigenvalue weighted by Crippen LogP contribution is 2.35. The van der Waals surface area contributed by atoms with Crippen molar-refractivity contribution in [1.29, 1.82) is 0 Å². The molecule has 0 bridgehead atoms. The normalized spacial score (nSPS) is 12.2. The molecule has 0 unspecified atom stereocenters. The molecular weight excluding hydrogens is 312 g/mol. The summed E-state index contributed by atoms with van der Waals surface area (Å²) in [6, 6.07) is 0. The van der Waals surface area contributed by atoms with Crippen molar-refractivity contribution in [2.24, 2.45) is 0 Å². The molecule has 2 aromatic rings. The summed E-state index contributed by atoms with van der Waals surface area (Å²) in [6.45, 7) is 6.08. The van der Waals surface area contributed by atoms with Gasteiger partial charge < -0.3 is 0 Å².